The van der Waals surface area contributed by atoms with Gasteiger partial charge in [-0.1, -0.05) is 52.7 Å². The normalized spacial score (nSPS) is 15.0. The number of anilines is 2. The molecule has 2 aromatic rings. The first kappa shape index (κ1) is 27.5. The third-order valence-corrected chi connectivity index (χ3v) is 7.53. The Hall–Kier alpha value is -2.04. The lowest BCUT2D eigenvalue weighted by atomic mass is 9.72. The van der Waals surface area contributed by atoms with Gasteiger partial charge in [-0.25, -0.2) is 0 Å². The van der Waals surface area contributed by atoms with Crippen LogP contribution in [0.3, 0.4) is 0 Å². The van der Waals surface area contributed by atoms with Crippen molar-refractivity contribution in [2.75, 3.05) is 38.4 Å². The van der Waals surface area contributed by atoms with Gasteiger partial charge in [-0.05, 0) is 85.9 Å². The van der Waals surface area contributed by atoms with Crippen LogP contribution in [0.5, 0.6) is 5.75 Å². The maximum atomic E-state index is 5.93. The van der Waals surface area contributed by atoms with Gasteiger partial charge in [-0.2, -0.15) is 0 Å². The summed E-state index contributed by atoms with van der Waals surface area (Å²) in [4.78, 5) is 0. The molecule has 1 saturated heterocycles. The fraction of sp³-hybridized carbons (Fsp3) is 0.613. The van der Waals surface area contributed by atoms with Gasteiger partial charge in [0.05, 0.1) is 26.4 Å². The summed E-state index contributed by atoms with van der Waals surface area (Å²) in [6, 6.07) is 17.3. The van der Waals surface area contributed by atoms with Crippen molar-refractivity contribution in [3.8, 4) is 5.75 Å². The fourth-order valence-electron chi connectivity index (χ4n) is 5.05. The Balaban J connectivity index is 1.32. The maximum absolute atomic E-state index is 5.93. The van der Waals surface area contributed by atoms with Crippen molar-refractivity contribution in [1.82, 2.24) is 0 Å². The summed E-state index contributed by atoms with van der Waals surface area (Å²) < 4.78 is 17.0. The lowest BCUT2D eigenvalue weighted by molar-refractivity contribution is -0.137. The first-order valence-corrected chi connectivity index (χ1v) is 13.8. The molecule has 4 heteroatoms. The lowest BCUT2D eigenvalue weighted by Crippen LogP contribution is -2.43. The molecule has 0 unspecified atom stereocenters. The summed E-state index contributed by atoms with van der Waals surface area (Å²) in [5.41, 5.74) is 4.24. The zero-order chi connectivity index (χ0) is 25.0. The van der Waals surface area contributed by atoms with Gasteiger partial charge in [0.2, 0.25) is 0 Å². The molecule has 1 heterocycles. The summed E-state index contributed by atoms with van der Waals surface area (Å²) in [5.74, 6) is 0.931. The van der Waals surface area contributed by atoms with Gasteiger partial charge in [0, 0.05) is 23.4 Å². The quantitative estimate of drug-likeness (QED) is 0.231. The minimum absolute atomic E-state index is 0.258. The van der Waals surface area contributed by atoms with E-state index in [2.05, 4.69) is 81.5 Å². The molecule has 0 atom stereocenters. The highest BCUT2D eigenvalue weighted by atomic mass is 16.5. The Morgan fingerprint density at radius 3 is 1.97 bits per heavy atom. The summed E-state index contributed by atoms with van der Waals surface area (Å²) in [6.07, 6.45) is 9.41. The smallest absolute Gasteiger partial charge is 0.119 e. The minimum atomic E-state index is 0.258. The van der Waals surface area contributed by atoms with Gasteiger partial charge in [-0.15, -0.1) is 0 Å². The van der Waals surface area contributed by atoms with Crippen molar-refractivity contribution in [1.29, 1.82) is 0 Å². The molecule has 3 rings (SSSR count). The second-order valence-electron chi connectivity index (χ2n) is 10.6. The molecule has 0 bridgehead atoms. The molecule has 194 valence electrons. The molecule has 1 fully saturated rings. The molecule has 0 saturated carbocycles. The van der Waals surface area contributed by atoms with E-state index >= 15 is 0 Å². The van der Waals surface area contributed by atoms with Crippen molar-refractivity contribution in [2.24, 2.45) is 5.41 Å². The van der Waals surface area contributed by atoms with Crippen LogP contribution in [0.25, 0.3) is 0 Å². The van der Waals surface area contributed by atoms with Crippen LogP contribution in [0.1, 0.15) is 84.6 Å². The first-order chi connectivity index (χ1) is 17.0. The Morgan fingerprint density at radius 1 is 0.829 bits per heavy atom. The molecule has 1 aliphatic rings. The molecular formula is C31H47NO3. The number of unbranched alkanes of at least 4 members (excludes halogenated alkanes) is 3. The molecular weight excluding hydrogens is 434 g/mol. The standard InChI is InChI=1S/C31H47NO3/c1-5-20-31(6-2,7-3)26-12-14-27(15-13-26)32-28-16-18-29(19-17-28)35-22-11-9-8-10-21-33-23-30(4)24-34-25-30/h12-19,32H,5-11,20-25H2,1-4H3. The number of hydrogen-bond donors (Lipinski definition) is 1. The predicted octanol–water partition coefficient (Wildman–Crippen LogP) is 8.28. The molecule has 0 aromatic heterocycles. The molecule has 0 radical (unpaired) electrons. The van der Waals surface area contributed by atoms with Crippen LogP contribution in [0.4, 0.5) is 11.4 Å². The van der Waals surface area contributed by atoms with E-state index in [0.717, 1.165) is 63.0 Å². The number of hydrogen-bond acceptors (Lipinski definition) is 4. The Bertz CT molecular complexity index is 839. The molecule has 0 amide bonds. The van der Waals surface area contributed by atoms with E-state index in [-0.39, 0.29) is 5.41 Å². The topological polar surface area (TPSA) is 39.7 Å². The second-order valence-corrected chi connectivity index (χ2v) is 10.6. The van der Waals surface area contributed by atoms with Crippen molar-refractivity contribution < 1.29 is 14.2 Å². The zero-order valence-electron chi connectivity index (χ0n) is 22.5. The Labute approximate surface area is 213 Å². The van der Waals surface area contributed by atoms with E-state index in [1.165, 1.54) is 44.1 Å². The summed E-state index contributed by atoms with van der Waals surface area (Å²) >= 11 is 0. The van der Waals surface area contributed by atoms with Gasteiger partial charge in [-0.3, -0.25) is 0 Å². The average Bonchev–Trinajstić information content (AvgIpc) is 2.87. The lowest BCUT2D eigenvalue weighted by Gasteiger charge is -2.37. The fourth-order valence-corrected chi connectivity index (χ4v) is 5.05. The van der Waals surface area contributed by atoms with Crippen LogP contribution in [0, 0.1) is 5.41 Å². The highest BCUT2D eigenvalue weighted by Crippen LogP contribution is 2.37. The van der Waals surface area contributed by atoms with Gasteiger partial charge in [0.15, 0.2) is 0 Å². The van der Waals surface area contributed by atoms with E-state index in [9.17, 15) is 0 Å². The molecule has 0 spiro atoms. The number of benzene rings is 2. The van der Waals surface area contributed by atoms with Crippen LogP contribution < -0.4 is 10.1 Å². The van der Waals surface area contributed by atoms with Crippen LogP contribution >= 0.6 is 0 Å². The summed E-state index contributed by atoms with van der Waals surface area (Å²) in [5, 5.41) is 3.52. The monoisotopic (exact) mass is 481 g/mol. The molecule has 4 nitrogen and oxygen atoms in total. The summed E-state index contributed by atoms with van der Waals surface area (Å²) in [7, 11) is 0. The third kappa shape index (κ3) is 8.25. The van der Waals surface area contributed by atoms with Crippen LogP contribution in [0.15, 0.2) is 48.5 Å². The van der Waals surface area contributed by atoms with Crippen LogP contribution in [0.2, 0.25) is 0 Å². The number of nitrogens with one attached hydrogen (secondary N) is 1. The molecule has 1 N–H and O–H groups in total. The van der Waals surface area contributed by atoms with Gasteiger partial charge >= 0.3 is 0 Å². The highest BCUT2D eigenvalue weighted by molar-refractivity contribution is 5.60. The molecule has 1 aliphatic heterocycles. The average molecular weight is 482 g/mol. The highest BCUT2D eigenvalue weighted by Gasteiger charge is 2.33. The van der Waals surface area contributed by atoms with Crippen LogP contribution in [-0.4, -0.2) is 33.0 Å². The molecule has 0 aliphatic carbocycles. The Morgan fingerprint density at radius 2 is 1.43 bits per heavy atom. The largest absolute Gasteiger partial charge is 0.494 e. The summed E-state index contributed by atoms with van der Waals surface area (Å²) in [6.45, 7) is 13.3. The maximum Gasteiger partial charge on any atom is 0.119 e. The minimum Gasteiger partial charge on any atom is -0.494 e. The van der Waals surface area contributed by atoms with E-state index in [1.807, 2.05) is 0 Å². The first-order valence-electron chi connectivity index (χ1n) is 13.8. The SMILES string of the molecule is CCCC(CC)(CC)c1ccc(Nc2ccc(OCCCCCCOCC3(C)COC3)cc2)cc1. The third-order valence-electron chi connectivity index (χ3n) is 7.53. The van der Waals surface area contributed by atoms with Gasteiger partial charge in [0.1, 0.15) is 5.75 Å². The molecule has 2 aromatic carbocycles. The van der Waals surface area contributed by atoms with Crippen molar-refractivity contribution in [2.45, 2.75) is 84.5 Å². The van der Waals surface area contributed by atoms with Crippen LogP contribution in [-0.2, 0) is 14.9 Å². The zero-order valence-corrected chi connectivity index (χ0v) is 22.5. The van der Waals surface area contributed by atoms with Crippen molar-refractivity contribution in [3.05, 3.63) is 54.1 Å². The van der Waals surface area contributed by atoms with E-state index < -0.39 is 0 Å². The van der Waals surface area contributed by atoms with Gasteiger partial charge < -0.3 is 19.5 Å². The number of ether oxygens (including phenoxy) is 3. The molecule has 35 heavy (non-hydrogen) atoms. The van der Waals surface area contributed by atoms with E-state index in [1.54, 1.807) is 0 Å². The van der Waals surface area contributed by atoms with Crippen molar-refractivity contribution >= 4 is 11.4 Å². The van der Waals surface area contributed by atoms with Crippen molar-refractivity contribution in [3.63, 3.8) is 0 Å². The van der Waals surface area contributed by atoms with Gasteiger partial charge in [0.25, 0.3) is 0 Å². The second kappa shape index (κ2) is 13.9. The Kier molecular flexibility index (Phi) is 10.9. The predicted molar refractivity (Wildman–Crippen MR) is 147 cm³/mol. The number of rotatable bonds is 17. The van der Waals surface area contributed by atoms with E-state index in [4.69, 9.17) is 14.2 Å². The van der Waals surface area contributed by atoms with E-state index in [0.29, 0.717) is 5.41 Å².